The molecule has 6 nitrogen and oxygen atoms in total. The van der Waals surface area contributed by atoms with Crippen LogP contribution in [0.4, 0.5) is 11.4 Å². The molecule has 0 aliphatic heterocycles. The molecular formula is C16H15N3O3. The Bertz CT molecular complexity index is 681. The Morgan fingerprint density at radius 1 is 1.23 bits per heavy atom. The molecule has 0 radical (unpaired) electrons. The fourth-order valence-electron chi connectivity index (χ4n) is 1.70. The van der Waals surface area contributed by atoms with Crippen LogP contribution in [0.25, 0.3) is 0 Å². The molecule has 2 aromatic rings. The zero-order chi connectivity index (χ0) is 15.8. The van der Waals surface area contributed by atoms with Crippen LogP contribution in [-0.4, -0.2) is 17.7 Å². The minimum atomic E-state index is -0.444. The summed E-state index contributed by atoms with van der Waals surface area (Å²) in [5.74, 6) is 0.705. The van der Waals surface area contributed by atoms with Gasteiger partial charge in [-0.3, -0.25) is 15.5 Å². The van der Waals surface area contributed by atoms with Gasteiger partial charge < -0.3 is 4.74 Å². The number of hydrogen-bond donors (Lipinski definition) is 1. The van der Waals surface area contributed by atoms with Crippen LogP contribution in [0.15, 0.2) is 66.3 Å². The number of anilines is 1. The third kappa shape index (κ3) is 4.17. The SMILES string of the molecule is C=CCOc1ccccc1/C=N/Nc1ccc([N+](=O)[O-])cc1. The average Bonchev–Trinajstić information content (AvgIpc) is 2.54. The first-order chi connectivity index (χ1) is 10.7. The molecule has 2 aromatic carbocycles. The number of nitrogens with zero attached hydrogens (tertiary/aromatic N) is 2. The molecule has 22 heavy (non-hydrogen) atoms. The van der Waals surface area contributed by atoms with Crippen LogP contribution < -0.4 is 10.2 Å². The van der Waals surface area contributed by atoms with Crippen LogP contribution in [-0.2, 0) is 0 Å². The van der Waals surface area contributed by atoms with Gasteiger partial charge in [0.2, 0.25) is 0 Å². The van der Waals surface area contributed by atoms with E-state index >= 15 is 0 Å². The van der Waals surface area contributed by atoms with E-state index in [0.717, 1.165) is 5.56 Å². The molecule has 0 spiro atoms. The van der Waals surface area contributed by atoms with E-state index in [0.29, 0.717) is 18.0 Å². The van der Waals surface area contributed by atoms with Gasteiger partial charge in [-0.1, -0.05) is 24.8 Å². The Morgan fingerprint density at radius 3 is 2.64 bits per heavy atom. The van der Waals surface area contributed by atoms with E-state index < -0.39 is 4.92 Å². The predicted molar refractivity (Wildman–Crippen MR) is 86.4 cm³/mol. The van der Waals surface area contributed by atoms with Crippen molar-refractivity contribution in [2.24, 2.45) is 5.10 Å². The number of hydrazone groups is 1. The summed E-state index contributed by atoms with van der Waals surface area (Å²) in [6.45, 7) is 4.03. The standard InChI is InChI=1S/C16H15N3O3/c1-2-11-22-16-6-4-3-5-13(16)12-17-18-14-7-9-15(10-8-14)19(20)21/h2-10,12,18H,1,11H2/b17-12+. The highest BCUT2D eigenvalue weighted by Gasteiger charge is 2.03. The van der Waals surface area contributed by atoms with Crippen molar-refractivity contribution in [1.82, 2.24) is 0 Å². The highest BCUT2D eigenvalue weighted by atomic mass is 16.6. The number of benzene rings is 2. The molecule has 0 aliphatic carbocycles. The van der Waals surface area contributed by atoms with E-state index in [1.54, 1.807) is 24.4 Å². The zero-order valence-electron chi connectivity index (χ0n) is 11.8. The van der Waals surface area contributed by atoms with Gasteiger partial charge in [0.25, 0.3) is 5.69 Å². The number of non-ortho nitro benzene ring substituents is 1. The molecule has 1 N–H and O–H groups in total. The predicted octanol–water partition coefficient (Wildman–Crippen LogP) is 3.61. The van der Waals surface area contributed by atoms with Crippen molar-refractivity contribution in [1.29, 1.82) is 0 Å². The molecule has 0 amide bonds. The summed E-state index contributed by atoms with van der Waals surface area (Å²) in [4.78, 5) is 10.1. The third-order valence-electron chi connectivity index (χ3n) is 2.75. The van der Waals surface area contributed by atoms with Gasteiger partial charge >= 0.3 is 0 Å². The molecule has 2 rings (SSSR count). The second-order valence-electron chi connectivity index (χ2n) is 4.31. The summed E-state index contributed by atoms with van der Waals surface area (Å²) < 4.78 is 5.52. The number of nitrogens with one attached hydrogen (secondary N) is 1. The fraction of sp³-hybridized carbons (Fsp3) is 0.0625. The summed E-state index contributed by atoms with van der Waals surface area (Å²) in [6.07, 6.45) is 3.29. The van der Waals surface area contributed by atoms with Crippen molar-refractivity contribution in [3.05, 3.63) is 76.9 Å². The number of rotatable bonds is 7. The van der Waals surface area contributed by atoms with Gasteiger partial charge in [-0.25, -0.2) is 0 Å². The van der Waals surface area contributed by atoms with Crippen molar-refractivity contribution >= 4 is 17.6 Å². The minimum absolute atomic E-state index is 0.0395. The quantitative estimate of drug-likeness (QED) is 0.366. The van der Waals surface area contributed by atoms with E-state index in [1.807, 2.05) is 24.3 Å². The Kier molecular flexibility index (Phi) is 5.25. The summed E-state index contributed by atoms with van der Waals surface area (Å²) in [5.41, 5.74) is 4.33. The zero-order valence-corrected chi connectivity index (χ0v) is 11.8. The molecule has 0 unspecified atom stereocenters. The Balaban J connectivity index is 2.03. The molecule has 6 heteroatoms. The van der Waals surface area contributed by atoms with Crippen LogP contribution in [0, 0.1) is 10.1 Å². The van der Waals surface area contributed by atoms with E-state index in [-0.39, 0.29) is 5.69 Å². The van der Waals surface area contributed by atoms with Gasteiger partial charge in [-0.2, -0.15) is 5.10 Å². The molecule has 0 saturated carbocycles. The van der Waals surface area contributed by atoms with Crippen molar-refractivity contribution in [3.8, 4) is 5.75 Å². The van der Waals surface area contributed by atoms with Gasteiger partial charge in [-0.15, -0.1) is 0 Å². The fourth-order valence-corrected chi connectivity index (χ4v) is 1.70. The highest BCUT2D eigenvalue weighted by molar-refractivity contribution is 5.84. The second kappa shape index (κ2) is 7.58. The molecule has 0 aromatic heterocycles. The lowest BCUT2D eigenvalue weighted by atomic mass is 10.2. The number of ether oxygens (including phenoxy) is 1. The van der Waals surface area contributed by atoms with Crippen LogP contribution >= 0.6 is 0 Å². The number of nitro groups is 1. The maximum Gasteiger partial charge on any atom is 0.269 e. The first-order valence-corrected chi connectivity index (χ1v) is 6.57. The Morgan fingerprint density at radius 2 is 1.95 bits per heavy atom. The topological polar surface area (TPSA) is 76.8 Å². The van der Waals surface area contributed by atoms with Crippen molar-refractivity contribution in [2.45, 2.75) is 0 Å². The molecule has 0 atom stereocenters. The van der Waals surface area contributed by atoms with Crippen LogP contribution in [0.2, 0.25) is 0 Å². The Labute approximate surface area is 127 Å². The molecule has 0 fully saturated rings. The lowest BCUT2D eigenvalue weighted by Gasteiger charge is -2.06. The first-order valence-electron chi connectivity index (χ1n) is 6.57. The minimum Gasteiger partial charge on any atom is -0.489 e. The van der Waals surface area contributed by atoms with Crippen LogP contribution in [0.5, 0.6) is 5.75 Å². The maximum absolute atomic E-state index is 10.6. The smallest absolute Gasteiger partial charge is 0.269 e. The van der Waals surface area contributed by atoms with Crippen molar-refractivity contribution in [2.75, 3.05) is 12.0 Å². The summed E-state index contributed by atoms with van der Waals surface area (Å²) in [7, 11) is 0. The number of hydrogen-bond acceptors (Lipinski definition) is 5. The van der Waals surface area contributed by atoms with Gasteiger partial charge in [0.1, 0.15) is 12.4 Å². The first kappa shape index (κ1) is 15.2. The van der Waals surface area contributed by atoms with E-state index in [9.17, 15) is 10.1 Å². The van der Waals surface area contributed by atoms with E-state index in [2.05, 4.69) is 17.1 Å². The molecule has 0 bridgehead atoms. The normalized spacial score (nSPS) is 10.4. The lowest BCUT2D eigenvalue weighted by molar-refractivity contribution is -0.384. The van der Waals surface area contributed by atoms with Gasteiger partial charge in [0.05, 0.1) is 16.8 Å². The van der Waals surface area contributed by atoms with Crippen LogP contribution in [0.1, 0.15) is 5.56 Å². The van der Waals surface area contributed by atoms with Crippen LogP contribution in [0.3, 0.4) is 0 Å². The third-order valence-corrected chi connectivity index (χ3v) is 2.75. The largest absolute Gasteiger partial charge is 0.489 e. The maximum atomic E-state index is 10.6. The van der Waals surface area contributed by atoms with Crippen molar-refractivity contribution < 1.29 is 9.66 Å². The summed E-state index contributed by atoms with van der Waals surface area (Å²) >= 11 is 0. The molecular weight excluding hydrogens is 282 g/mol. The number of nitro benzene ring substituents is 1. The summed E-state index contributed by atoms with van der Waals surface area (Å²) in [6, 6.07) is 13.5. The molecule has 0 aliphatic rings. The lowest BCUT2D eigenvalue weighted by Crippen LogP contribution is -1.98. The Hall–Kier alpha value is -3.15. The molecule has 0 saturated heterocycles. The molecule has 0 heterocycles. The number of para-hydroxylation sites is 1. The molecule has 112 valence electrons. The second-order valence-corrected chi connectivity index (χ2v) is 4.31. The van der Waals surface area contributed by atoms with Gasteiger partial charge in [0, 0.05) is 17.7 Å². The monoisotopic (exact) mass is 297 g/mol. The van der Waals surface area contributed by atoms with Gasteiger partial charge in [0.15, 0.2) is 0 Å². The van der Waals surface area contributed by atoms with Crippen molar-refractivity contribution in [3.63, 3.8) is 0 Å². The summed E-state index contributed by atoms with van der Waals surface area (Å²) in [5, 5.41) is 14.7. The van der Waals surface area contributed by atoms with E-state index in [4.69, 9.17) is 4.74 Å². The van der Waals surface area contributed by atoms with Gasteiger partial charge in [-0.05, 0) is 24.3 Å². The van der Waals surface area contributed by atoms with E-state index in [1.165, 1.54) is 12.1 Å². The average molecular weight is 297 g/mol. The highest BCUT2D eigenvalue weighted by Crippen LogP contribution is 2.17.